The molecule has 0 aliphatic heterocycles. The molecule has 0 aliphatic rings. The first-order valence-corrected chi connectivity index (χ1v) is 6.58. The minimum absolute atomic E-state index is 0.0907. The lowest BCUT2D eigenvalue weighted by molar-refractivity contribution is 0.0946. The van der Waals surface area contributed by atoms with E-state index in [2.05, 4.69) is 19.9 Å². The molecule has 0 amide bonds. The van der Waals surface area contributed by atoms with E-state index in [1.54, 1.807) is 7.11 Å². The van der Waals surface area contributed by atoms with Crippen molar-refractivity contribution in [3.05, 3.63) is 28.8 Å². The van der Waals surface area contributed by atoms with Gasteiger partial charge in [0, 0.05) is 5.56 Å². The number of benzene rings is 1. The number of hydrogen-bond acceptors (Lipinski definition) is 3. The molecule has 0 fully saturated rings. The maximum Gasteiger partial charge on any atom is 0.180 e. The highest BCUT2D eigenvalue weighted by Gasteiger charge is 2.21. The van der Waals surface area contributed by atoms with E-state index in [0.717, 1.165) is 16.9 Å². The summed E-state index contributed by atoms with van der Waals surface area (Å²) in [4.78, 5) is 12.3. The lowest BCUT2D eigenvalue weighted by Crippen LogP contribution is -2.14. The average molecular weight is 259 g/mol. The number of methoxy groups -OCH3 is 1. The van der Waals surface area contributed by atoms with Gasteiger partial charge in [-0.25, -0.2) is 0 Å². The van der Waals surface area contributed by atoms with Crippen LogP contribution in [-0.4, -0.2) is 12.9 Å². The van der Waals surface area contributed by atoms with Crippen molar-refractivity contribution in [1.29, 1.82) is 5.26 Å². The maximum atomic E-state index is 12.3. The van der Waals surface area contributed by atoms with Gasteiger partial charge in [-0.05, 0) is 42.5 Å². The smallest absolute Gasteiger partial charge is 0.180 e. The Hall–Kier alpha value is -1.82. The average Bonchev–Trinajstić information content (AvgIpc) is 2.39. The fourth-order valence-electron chi connectivity index (χ4n) is 2.11. The second-order valence-electron chi connectivity index (χ2n) is 5.02. The zero-order valence-corrected chi connectivity index (χ0v) is 12.3. The van der Waals surface area contributed by atoms with Gasteiger partial charge in [0.2, 0.25) is 0 Å². The molecule has 0 bridgehead atoms. The van der Waals surface area contributed by atoms with E-state index in [9.17, 15) is 4.79 Å². The highest BCUT2D eigenvalue weighted by atomic mass is 16.5. The molecule has 3 heteroatoms. The fraction of sp³-hybridized carbons (Fsp3) is 0.500. The normalized spacial score (nSPS) is 12.1. The van der Waals surface area contributed by atoms with Gasteiger partial charge in [-0.2, -0.15) is 5.26 Å². The molecule has 1 atom stereocenters. The Morgan fingerprint density at radius 1 is 1.42 bits per heavy atom. The molecule has 0 heterocycles. The summed E-state index contributed by atoms with van der Waals surface area (Å²) in [5.74, 6) is 0.414. The third-order valence-electron chi connectivity index (χ3n) is 3.34. The van der Waals surface area contributed by atoms with Gasteiger partial charge in [-0.15, -0.1) is 0 Å². The summed E-state index contributed by atoms with van der Waals surface area (Å²) < 4.78 is 5.36. The van der Waals surface area contributed by atoms with Crippen LogP contribution < -0.4 is 4.74 Å². The molecule has 1 rings (SSSR count). The summed E-state index contributed by atoms with van der Waals surface area (Å²) in [5.41, 5.74) is 2.50. The molecular formula is C16H21NO2. The number of carbonyl (C=O) groups excluding carboxylic acids is 1. The Bertz CT molecular complexity index is 512. The van der Waals surface area contributed by atoms with E-state index in [1.807, 2.05) is 26.0 Å². The molecule has 0 saturated carbocycles. The molecule has 0 spiro atoms. The van der Waals surface area contributed by atoms with E-state index >= 15 is 0 Å². The lowest BCUT2D eigenvalue weighted by atomic mass is 9.89. The van der Waals surface area contributed by atoms with Gasteiger partial charge in [0.05, 0.1) is 13.2 Å². The first-order chi connectivity index (χ1) is 8.96. The van der Waals surface area contributed by atoms with E-state index < -0.39 is 5.92 Å². The van der Waals surface area contributed by atoms with Crippen LogP contribution in [0.3, 0.4) is 0 Å². The number of nitriles is 1. The SMILES string of the molecule is CCC(C#N)C(=O)c1cc(C(C)C)c(OC)cc1C. The van der Waals surface area contributed by atoms with E-state index in [-0.39, 0.29) is 11.7 Å². The fourth-order valence-corrected chi connectivity index (χ4v) is 2.11. The van der Waals surface area contributed by atoms with E-state index in [0.29, 0.717) is 12.0 Å². The zero-order valence-electron chi connectivity index (χ0n) is 12.3. The van der Waals surface area contributed by atoms with E-state index in [1.165, 1.54) is 0 Å². The first-order valence-electron chi connectivity index (χ1n) is 6.58. The van der Waals surface area contributed by atoms with Crippen molar-refractivity contribution in [3.63, 3.8) is 0 Å². The summed E-state index contributed by atoms with van der Waals surface area (Å²) in [5, 5.41) is 9.03. The minimum Gasteiger partial charge on any atom is -0.496 e. The predicted molar refractivity (Wildman–Crippen MR) is 75.5 cm³/mol. The Kier molecular flexibility index (Phi) is 5.11. The van der Waals surface area contributed by atoms with Crippen LogP contribution >= 0.6 is 0 Å². The molecule has 0 saturated heterocycles. The molecular weight excluding hydrogens is 238 g/mol. The topological polar surface area (TPSA) is 50.1 Å². The molecule has 1 aromatic carbocycles. The summed E-state index contributed by atoms with van der Waals surface area (Å²) in [6, 6.07) is 5.83. The van der Waals surface area contributed by atoms with Crippen LogP contribution in [0.25, 0.3) is 0 Å². The van der Waals surface area contributed by atoms with Crippen LogP contribution in [0.2, 0.25) is 0 Å². The summed E-state index contributed by atoms with van der Waals surface area (Å²) in [6.07, 6.45) is 0.539. The molecule has 0 N–H and O–H groups in total. The number of ketones is 1. The van der Waals surface area contributed by atoms with Crippen molar-refractivity contribution in [2.45, 2.75) is 40.0 Å². The van der Waals surface area contributed by atoms with Crippen molar-refractivity contribution in [2.24, 2.45) is 5.92 Å². The van der Waals surface area contributed by atoms with Crippen molar-refractivity contribution >= 4 is 5.78 Å². The number of aryl methyl sites for hydroxylation is 1. The Balaban J connectivity index is 3.34. The largest absolute Gasteiger partial charge is 0.496 e. The first kappa shape index (κ1) is 15.2. The quantitative estimate of drug-likeness (QED) is 0.754. The van der Waals surface area contributed by atoms with Gasteiger partial charge in [-0.1, -0.05) is 20.8 Å². The highest BCUT2D eigenvalue weighted by molar-refractivity contribution is 6.00. The molecule has 19 heavy (non-hydrogen) atoms. The number of rotatable bonds is 5. The Labute approximate surface area is 115 Å². The number of Topliss-reactive ketones (excluding diaryl/α,β-unsaturated/α-hetero) is 1. The standard InChI is InChI=1S/C16H21NO2/c1-6-12(9-17)16(18)14-8-13(10(2)3)15(19-5)7-11(14)4/h7-8,10,12H,6H2,1-5H3. The van der Waals surface area contributed by atoms with Crippen LogP contribution in [0.15, 0.2) is 12.1 Å². The summed E-state index contributed by atoms with van der Waals surface area (Å²) >= 11 is 0. The number of carbonyl (C=O) groups is 1. The lowest BCUT2D eigenvalue weighted by Gasteiger charge is -2.16. The van der Waals surface area contributed by atoms with Gasteiger partial charge in [-0.3, -0.25) is 4.79 Å². The van der Waals surface area contributed by atoms with Crippen molar-refractivity contribution < 1.29 is 9.53 Å². The van der Waals surface area contributed by atoms with Gasteiger partial charge in [0.25, 0.3) is 0 Å². The molecule has 3 nitrogen and oxygen atoms in total. The van der Waals surface area contributed by atoms with Crippen molar-refractivity contribution in [2.75, 3.05) is 7.11 Å². The molecule has 1 aromatic rings. The van der Waals surface area contributed by atoms with Gasteiger partial charge in [0.1, 0.15) is 11.7 Å². The molecule has 0 aromatic heterocycles. The monoisotopic (exact) mass is 259 g/mol. The van der Waals surface area contributed by atoms with Gasteiger partial charge < -0.3 is 4.74 Å². The van der Waals surface area contributed by atoms with Gasteiger partial charge in [0.15, 0.2) is 5.78 Å². The van der Waals surface area contributed by atoms with Gasteiger partial charge >= 0.3 is 0 Å². The molecule has 0 aliphatic carbocycles. The third kappa shape index (κ3) is 3.14. The van der Waals surface area contributed by atoms with Crippen LogP contribution in [0.5, 0.6) is 5.75 Å². The predicted octanol–water partition coefficient (Wildman–Crippen LogP) is 3.86. The third-order valence-corrected chi connectivity index (χ3v) is 3.34. The minimum atomic E-state index is -0.563. The number of nitrogens with zero attached hydrogens (tertiary/aromatic N) is 1. The Morgan fingerprint density at radius 3 is 2.47 bits per heavy atom. The molecule has 102 valence electrons. The summed E-state index contributed by atoms with van der Waals surface area (Å²) in [7, 11) is 1.63. The number of ether oxygens (including phenoxy) is 1. The zero-order chi connectivity index (χ0) is 14.6. The maximum absolute atomic E-state index is 12.3. The molecule has 1 unspecified atom stereocenters. The van der Waals surface area contributed by atoms with Crippen LogP contribution in [-0.2, 0) is 0 Å². The highest BCUT2D eigenvalue weighted by Crippen LogP contribution is 2.30. The van der Waals surface area contributed by atoms with Crippen LogP contribution in [0.1, 0.15) is 54.6 Å². The van der Waals surface area contributed by atoms with Crippen LogP contribution in [0.4, 0.5) is 0 Å². The number of hydrogen-bond donors (Lipinski definition) is 0. The van der Waals surface area contributed by atoms with Crippen molar-refractivity contribution in [3.8, 4) is 11.8 Å². The van der Waals surface area contributed by atoms with Crippen LogP contribution in [0, 0.1) is 24.2 Å². The Morgan fingerprint density at radius 2 is 2.05 bits per heavy atom. The summed E-state index contributed by atoms with van der Waals surface area (Å²) in [6.45, 7) is 7.85. The molecule has 0 radical (unpaired) electrons. The second-order valence-corrected chi connectivity index (χ2v) is 5.02. The van der Waals surface area contributed by atoms with Crippen molar-refractivity contribution in [1.82, 2.24) is 0 Å². The van der Waals surface area contributed by atoms with E-state index in [4.69, 9.17) is 10.00 Å². The second kappa shape index (κ2) is 6.38.